The van der Waals surface area contributed by atoms with Crippen LogP contribution >= 0.6 is 0 Å². The number of aryl methyl sites for hydroxylation is 1. The second-order valence-electron chi connectivity index (χ2n) is 12.9. The number of carbonyl (C=O) groups excluding carboxylic acids is 1. The maximum absolute atomic E-state index is 14.2. The quantitative estimate of drug-likeness (QED) is 0.330. The molecule has 4 heteroatoms. The predicted molar refractivity (Wildman–Crippen MR) is 167 cm³/mol. The van der Waals surface area contributed by atoms with Crippen LogP contribution in [0.25, 0.3) is 6.08 Å². The largest absolute Gasteiger partial charge is 0.508 e. The molecule has 1 aliphatic heterocycles. The van der Waals surface area contributed by atoms with Gasteiger partial charge in [-0.1, -0.05) is 98.6 Å². The van der Waals surface area contributed by atoms with E-state index in [4.69, 9.17) is 0 Å². The predicted octanol–water partition coefficient (Wildman–Crippen LogP) is 7.15. The summed E-state index contributed by atoms with van der Waals surface area (Å²) in [5.74, 6) is 0.918. The summed E-state index contributed by atoms with van der Waals surface area (Å²) >= 11 is 0. The molecule has 2 N–H and O–H groups in total. The maximum Gasteiger partial charge on any atom is 0.230 e. The number of likely N-dealkylation sites (tertiary alicyclic amines) is 1. The molecule has 1 heterocycles. The Morgan fingerprint density at radius 2 is 1.71 bits per heavy atom. The lowest BCUT2D eigenvalue weighted by molar-refractivity contribution is -0.128. The van der Waals surface area contributed by atoms with Crippen LogP contribution < -0.4 is 5.32 Å². The highest BCUT2D eigenvalue weighted by Crippen LogP contribution is 2.51. The molecular weight excluding hydrogens is 504 g/mol. The Kier molecular flexibility index (Phi) is 7.78. The first-order chi connectivity index (χ1) is 19.9. The summed E-state index contributed by atoms with van der Waals surface area (Å²) in [7, 11) is 0. The molecule has 41 heavy (non-hydrogen) atoms. The lowest BCUT2D eigenvalue weighted by Gasteiger charge is -2.56. The SMILES string of the molecule is Cc1ccccc1/C=C/CN1C[C@H](C)[C@@]2(c3cccc(O)c3)C[C@H](NC(=O)C3(c4ccccc4)CCCC3)C[C@@H]1C2. The number of rotatable bonds is 7. The molecule has 1 saturated heterocycles. The van der Waals surface area contributed by atoms with E-state index in [1.807, 2.05) is 18.2 Å². The molecule has 3 aromatic rings. The highest BCUT2D eigenvalue weighted by atomic mass is 16.3. The molecule has 2 saturated carbocycles. The first-order valence-electron chi connectivity index (χ1n) is 15.5. The third kappa shape index (κ3) is 5.35. The van der Waals surface area contributed by atoms with Crippen molar-refractivity contribution in [2.75, 3.05) is 13.1 Å². The first kappa shape index (κ1) is 27.8. The summed E-state index contributed by atoms with van der Waals surface area (Å²) in [4.78, 5) is 16.8. The average Bonchev–Trinajstić information content (AvgIpc) is 3.49. The van der Waals surface area contributed by atoms with E-state index in [1.54, 1.807) is 6.07 Å². The van der Waals surface area contributed by atoms with Crippen LogP contribution in [-0.4, -0.2) is 41.1 Å². The van der Waals surface area contributed by atoms with Crippen molar-refractivity contribution in [2.24, 2.45) is 5.92 Å². The zero-order valence-electron chi connectivity index (χ0n) is 24.6. The van der Waals surface area contributed by atoms with Gasteiger partial charge in [0.1, 0.15) is 5.75 Å². The van der Waals surface area contributed by atoms with Gasteiger partial charge in [0, 0.05) is 30.6 Å². The number of hydrogen-bond donors (Lipinski definition) is 2. The number of aromatic hydroxyl groups is 1. The van der Waals surface area contributed by atoms with Crippen LogP contribution in [-0.2, 0) is 15.6 Å². The van der Waals surface area contributed by atoms with Crippen LogP contribution in [0.2, 0.25) is 0 Å². The van der Waals surface area contributed by atoms with Crippen molar-refractivity contribution in [1.82, 2.24) is 10.2 Å². The Morgan fingerprint density at radius 3 is 2.46 bits per heavy atom. The monoisotopic (exact) mass is 548 g/mol. The second-order valence-corrected chi connectivity index (χ2v) is 12.9. The van der Waals surface area contributed by atoms with Crippen molar-refractivity contribution in [3.05, 3.63) is 107 Å². The number of phenolic OH excluding ortho intramolecular Hbond substituents is 1. The molecular formula is C37H44N2O2. The zero-order valence-corrected chi connectivity index (χ0v) is 24.6. The zero-order chi connectivity index (χ0) is 28.5. The third-order valence-electron chi connectivity index (χ3n) is 10.5. The number of hydrogen-bond acceptors (Lipinski definition) is 3. The number of carbonyl (C=O) groups is 1. The molecule has 0 aromatic heterocycles. The summed E-state index contributed by atoms with van der Waals surface area (Å²) in [6.45, 7) is 6.43. The van der Waals surface area contributed by atoms with Gasteiger partial charge < -0.3 is 10.4 Å². The molecule has 0 unspecified atom stereocenters. The summed E-state index contributed by atoms with van der Waals surface area (Å²) in [6.07, 6.45) is 11.5. The average molecular weight is 549 g/mol. The molecule has 2 bridgehead atoms. The van der Waals surface area contributed by atoms with Gasteiger partial charge in [-0.05, 0) is 79.3 Å². The summed E-state index contributed by atoms with van der Waals surface area (Å²) in [6, 6.07) is 27.3. The van der Waals surface area contributed by atoms with Gasteiger partial charge in [0.15, 0.2) is 0 Å². The number of phenols is 1. The summed E-state index contributed by atoms with van der Waals surface area (Å²) in [5, 5.41) is 14.1. The Labute approximate surface area is 245 Å². The van der Waals surface area contributed by atoms with Crippen LogP contribution in [0.15, 0.2) is 84.9 Å². The topological polar surface area (TPSA) is 52.6 Å². The van der Waals surface area contributed by atoms with Gasteiger partial charge >= 0.3 is 0 Å². The van der Waals surface area contributed by atoms with Crippen molar-refractivity contribution in [3.8, 4) is 5.75 Å². The smallest absolute Gasteiger partial charge is 0.230 e. The molecule has 214 valence electrons. The van der Waals surface area contributed by atoms with Crippen molar-refractivity contribution < 1.29 is 9.90 Å². The molecule has 3 fully saturated rings. The summed E-state index contributed by atoms with van der Waals surface area (Å²) < 4.78 is 0. The molecule has 4 atom stereocenters. The van der Waals surface area contributed by atoms with Gasteiger partial charge in [0.05, 0.1) is 5.41 Å². The van der Waals surface area contributed by atoms with E-state index in [-0.39, 0.29) is 17.4 Å². The fraction of sp³-hybridized carbons (Fsp3) is 0.432. The van der Waals surface area contributed by atoms with E-state index in [9.17, 15) is 9.90 Å². The van der Waals surface area contributed by atoms with Gasteiger partial charge in [-0.2, -0.15) is 0 Å². The Morgan fingerprint density at radius 1 is 0.976 bits per heavy atom. The Bertz CT molecular complexity index is 1390. The van der Waals surface area contributed by atoms with Crippen LogP contribution in [0, 0.1) is 12.8 Å². The molecule has 3 aliphatic rings. The van der Waals surface area contributed by atoms with Crippen LogP contribution in [0.3, 0.4) is 0 Å². The minimum absolute atomic E-state index is 0.0780. The normalized spacial score (nSPS) is 27.6. The number of piperidine rings is 1. The number of fused-ring (bicyclic) bond motifs is 2. The molecule has 2 aliphatic carbocycles. The molecule has 0 radical (unpaired) electrons. The van der Waals surface area contributed by atoms with Crippen molar-refractivity contribution >= 4 is 12.0 Å². The van der Waals surface area contributed by atoms with Gasteiger partial charge in [-0.3, -0.25) is 9.69 Å². The first-order valence-corrected chi connectivity index (χ1v) is 15.5. The fourth-order valence-corrected chi connectivity index (χ4v) is 8.26. The number of benzene rings is 3. The third-order valence-corrected chi connectivity index (χ3v) is 10.5. The molecule has 3 aromatic carbocycles. The van der Waals surface area contributed by atoms with Crippen molar-refractivity contribution in [2.45, 2.75) is 81.7 Å². The van der Waals surface area contributed by atoms with Crippen molar-refractivity contribution in [1.29, 1.82) is 0 Å². The second kappa shape index (κ2) is 11.5. The van der Waals surface area contributed by atoms with E-state index in [0.29, 0.717) is 17.7 Å². The number of nitrogens with one attached hydrogen (secondary N) is 1. The van der Waals surface area contributed by atoms with E-state index in [1.165, 1.54) is 16.7 Å². The Balaban J connectivity index is 1.28. The minimum Gasteiger partial charge on any atom is -0.508 e. The Hall–Kier alpha value is -3.37. The number of amides is 1. The van der Waals surface area contributed by atoms with Crippen LogP contribution in [0.4, 0.5) is 0 Å². The molecule has 4 nitrogen and oxygen atoms in total. The molecule has 6 rings (SSSR count). The lowest BCUT2D eigenvalue weighted by atomic mass is 9.57. The van der Waals surface area contributed by atoms with Gasteiger partial charge in [-0.15, -0.1) is 0 Å². The van der Waals surface area contributed by atoms with Gasteiger partial charge in [0.25, 0.3) is 0 Å². The number of nitrogens with zero attached hydrogens (tertiary/aromatic N) is 1. The molecule has 1 amide bonds. The summed E-state index contributed by atoms with van der Waals surface area (Å²) in [5.41, 5.74) is 4.42. The minimum atomic E-state index is -0.423. The molecule has 0 spiro atoms. The van der Waals surface area contributed by atoms with E-state index >= 15 is 0 Å². The van der Waals surface area contributed by atoms with Crippen LogP contribution in [0.1, 0.15) is 74.1 Å². The highest BCUT2D eigenvalue weighted by molar-refractivity contribution is 5.89. The van der Waals surface area contributed by atoms with E-state index < -0.39 is 5.41 Å². The van der Waals surface area contributed by atoms with Crippen LogP contribution in [0.5, 0.6) is 5.75 Å². The van der Waals surface area contributed by atoms with Gasteiger partial charge in [-0.25, -0.2) is 0 Å². The van der Waals surface area contributed by atoms with E-state index in [0.717, 1.165) is 63.6 Å². The van der Waals surface area contributed by atoms with E-state index in [2.05, 4.69) is 90.8 Å². The standard InChI is InChI=1S/C37H44N2O2/c1-27-12-6-7-13-29(27)14-11-21-39-26-28(2)37(31-17-10-18-34(40)22-31)24-32(23-33(39)25-37)38-35(41)36(19-8-9-20-36)30-15-4-3-5-16-30/h3-7,10-18,22,28,32-33,40H,8-9,19-21,23-26H2,1-2H3,(H,38,41)/b14-11+/t28-,32+,33+,37+/m0/s1. The fourth-order valence-electron chi connectivity index (χ4n) is 8.26. The highest BCUT2D eigenvalue weighted by Gasteiger charge is 2.52. The maximum atomic E-state index is 14.2. The van der Waals surface area contributed by atoms with Gasteiger partial charge in [0.2, 0.25) is 5.91 Å². The van der Waals surface area contributed by atoms with Crippen molar-refractivity contribution in [3.63, 3.8) is 0 Å². The lowest BCUT2D eigenvalue weighted by Crippen LogP contribution is -2.62.